The van der Waals surface area contributed by atoms with Crippen molar-refractivity contribution in [2.24, 2.45) is 0 Å². The normalized spacial score (nSPS) is 11.1. The van der Waals surface area contributed by atoms with Crippen molar-refractivity contribution < 1.29 is 12.8 Å². The van der Waals surface area contributed by atoms with E-state index in [0.717, 1.165) is 23.6 Å². The van der Waals surface area contributed by atoms with Crippen LogP contribution < -0.4 is 14.9 Å². The van der Waals surface area contributed by atoms with Gasteiger partial charge in [0.25, 0.3) is 10.0 Å². The molecule has 7 nitrogen and oxygen atoms in total. The van der Waals surface area contributed by atoms with E-state index in [0.29, 0.717) is 17.3 Å². The Labute approximate surface area is 163 Å². The van der Waals surface area contributed by atoms with Crippen LogP contribution in [-0.2, 0) is 10.0 Å². The SMILES string of the molecule is Cc1cc(N(C)C)nc(Nc2ccc(NS(=O)(=O)c3ccc(F)cc3)cc2)n1. The molecule has 9 heteroatoms. The zero-order chi connectivity index (χ0) is 20.3. The number of aryl methyl sites for hydroxylation is 1. The number of benzene rings is 2. The number of nitrogens with one attached hydrogen (secondary N) is 2. The fourth-order valence-electron chi connectivity index (χ4n) is 2.42. The molecule has 0 aliphatic carbocycles. The zero-order valence-corrected chi connectivity index (χ0v) is 16.5. The maximum Gasteiger partial charge on any atom is 0.261 e. The third-order valence-electron chi connectivity index (χ3n) is 3.82. The van der Waals surface area contributed by atoms with Gasteiger partial charge >= 0.3 is 0 Å². The molecule has 0 unspecified atom stereocenters. The molecule has 2 aromatic carbocycles. The number of hydrogen-bond acceptors (Lipinski definition) is 6. The molecule has 0 saturated heterocycles. The largest absolute Gasteiger partial charge is 0.363 e. The summed E-state index contributed by atoms with van der Waals surface area (Å²) in [5, 5.41) is 3.10. The smallest absolute Gasteiger partial charge is 0.261 e. The molecule has 1 heterocycles. The Balaban J connectivity index is 1.74. The highest BCUT2D eigenvalue weighted by molar-refractivity contribution is 7.92. The molecule has 0 amide bonds. The predicted molar refractivity (Wildman–Crippen MR) is 108 cm³/mol. The first kappa shape index (κ1) is 19.6. The fourth-order valence-corrected chi connectivity index (χ4v) is 3.47. The molecule has 3 rings (SSSR count). The van der Waals surface area contributed by atoms with Gasteiger partial charge in [-0.15, -0.1) is 0 Å². The third kappa shape index (κ3) is 4.74. The molecule has 146 valence electrons. The van der Waals surface area contributed by atoms with E-state index >= 15 is 0 Å². The van der Waals surface area contributed by atoms with Crippen molar-refractivity contribution in [2.75, 3.05) is 29.0 Å². The van der Waals surface area contributed by atoms with Crippen molar-refractivity contribution in [2.45, 2.75) is 11.8 Å². The van der Waals surface area contributed by atoms with Crippen LogP contribution in [0.2, 0.25) is 0 Å². The van der Waals surface area contributed by atoms with Crippen LogP contribution in [0.15, 0.2) is 59.5 Å². The van der Waals surface area contributed by atoms with Crippen LogP contribution in [0.3, 0.4) is 0 Å². The third-order valence-corrected chi connectivity index (χ3v) is 5.21. The molecule has 0 atom stereocenters. The van der Waals surface area contributed by atoms with Crippen LogP contribution in [0.5, 0.6) is 0 Å². The summed E-state index contributed by atoms with van der Waals surface area (Å²) in [5.74, 6) is 0.729. The van der Waals surface area contributed by atoms with Crippen LogP contribution in [0.1, 0.15) is 5.69 Å². The fraction of sp³-hybridized carbons (Fsp3) is 0.158. The van der Waals surface area contributed by atoms with E-state index in [1.54, 1.807) is 24.3 Å². The Kier molecular flexibility index (Phi) is 5.46. The average Bonchev–Trinajstić information content (AvgIpc) is 2.63. The molecule has 1 aromatic heterocycles. The molecular formula is C19H20FN5O2S. The Hall–Kier alpha value is -3.20. The summed E-state index contributed by atoms with van der Waals surface area (Å²) < 4.78 is 40.2. The van der Waals surface area contributed by atoms with Gasteiger partial charge in [-0.2, -0.15) is 4.98 Å². The lowest BCUT2D eigenvalue weighted by atomic mass is 10.3. The van der Waals surface area contributed by atoms with E-state index in [9.17, 15) is 12.8 Å². The quantitative estimate of drug-likeness (QED) is 0.657. The van der Waals surface area contributed by atoms with Gasteiger partial charge in [0.2, 0.25) is 5.95 Å². The molecular weight excluding hydrogens is 381 g/mol. The number of aromatic nitrogens is 2. The Morgan fingerprint density at radius 1 is 0.929 bits per heavy atom. The summed E-state index contributed by atoms with van der Waals surface area (Å²) in [6.07, 6.45) is 0. The van der Waals surface area contributed by atoms with Crippen molar-refractivity contribution in [3.05, 3.63) is 66.1 Å². The van der Waals surface area contributed by atoms with Crippen LogP contribution in [0, 0.1) is 12.7 Å². The molecule has 0 bridgehead atoms. The van der Waals surface area contributed by atoms with Crippen LogP contribution in [-0.4, -0.2) is 32.5 Å². The molecule has 3 aromatic rings. The highest BCUT2D eigenvalue weighted by Crippen LogP contribution is 2.21. The molecule has 2 N–H and O–H groups in total. The van der Waals surface area contributed by atoms with Gasteiger partial charge in [0.1, 0.15) is 11.6 Å². The van der Waals surface area contributed by atoms with E-state index in [2.05, 4.69) is 20.0 Å². The Morgan fingerprint density at radius 3 is 2.14 bits per heavy atom. The number of anilines is 4. The minimum absolute atomic E-state index is 0.0134. The minimum Gasteiger partial charge on any atom is -0.363 e. The second-order valence-electron chi connectivity index (χ2n) is 6.35. The van der Waals surface area contributed by atoms with Crippen molar-refractivity contribution in [1.29, 1.82) is 0 Å². The van der Waals surface area contributed by atoms with Gasteiger partial charge in [-0.3, -0.25) is 4.72 Å². The highest BCUT2D eigenvalue weighted by atomic mass is 32.2. The van der Waals surface area contributed by atoms with Crippen molar-refractivity contribution in [3.63, 3.8) is 0 Å². The molecule has 28 heavy (non-hydrogen) atoms. The molecule has 0 fully saturated rings. The maximum atomic E-state index is 13.0. The molecule has 0 radical (unpaired) electrons. The number of nitrogens with zero attached hydrogens (tertiary/aromatic N) is 3. The summed E-state index contributed by atoms with van der Waals surface area (Å²) in [6, 6.07) is 13.2. The Bertz CT molecular complexity index is 1070. The summed E-state index contributed by atoms with van der Waals surface area (Å²) in [4.78, 5) is 10.6. The van der Waals surface area contributed by atoms with Gasteiger partial charge in [0.15, 0.2) is 0 Å². The molecule has 0 saturated carbocycles. The lowest BCUT2D eigenvalue weighted by molar-refractivity contribution is 0.599. The second kappa shape index (κ2) is 7.81. The van der Waals surface area contributed by atoms with Gasteiger partial charge < -0.3 is 10.2 Å². The zero-order valence-electron chi connectivity index (χ0n) is 15.6. The Morgan fingerprint density at radius 2 is 1.54 bits per heavy atom. The van der Waals surface area contributed by atoms with Gasteiger partial charge in [-0.1, -0.05) is 0 Å². The van der Waals surface area contributed by atoms with Crippen LogP contribution in [0.25, 0.3) is 0 Å². The van der Waals surface area contributed by atoms with E-state index in [1.807, 2.05) is 32.0 Å². The average molecular weight is 401 g/mol. The van der Waals surface area contributed by atoms with Gasteiger partial charge in [0, 0.05) is 37.2 Å². The van der Waals surface area contributed by atoms with Crippen molar-refractivity contribution in [3.8, 4) is 0 Å². The first-order chi connectivity index (χ1) is 13.2. The van der Waals surface area contributed by atoms with Crippen molar-refractivity contribution in [1.82, 2.24) is 9.97 Å². The van der Waals surface area contributed by atoms with Crippen molar-refractivity contribution >= 4 is 33.2 Å². The van der Waals surface area contributed by atoms with E-state index < -0.39 is 15.8 Å². The number of sulfonamides is 1. The van der Waals surface area contributed by atoms with E-state index in [4.69, 9.17) is 0 Å². The topological polar surface area (TPSA) is 87.2 Å². The molecule has 0 aliphatic heterocycles. The van der Waals surface area contributed by atoms with Crippen LogP contribution >= 0.6 is 0 Å². The molecule has 0 aliphatic rings. The van der Waals surface area contributed by atoms with Gasteiger partial charge in [-0.05, 0) is 55.5 Å². The maximum absolute atomic E-state index is 13.0. The number of rotatable bonds is 6. The summed E-state index contributed by atoms with van der Waals surface area (Å²) in [7, 11) is 0.00293. The van der Waals surface area contributed by atoms with E-state index in [-0.39, 0.29) is 4.90 Å². The number of halogens is 1. The van der Waals surface area contributed by atoms with Crippen LogP contribution in [0.4, 0.5) is 27.5 Å². The van der Waals surface area contributed by atoms with Gasteiger partial charge in [-0.25, -0.2) is 17.8 Å². The predicted octanol–water partition coefficient (Wildman–Crippen LogP) is 3.53. The second-order valence-corrected chi connectivity index (χ2v) is 8.03. The van der Waals surface area contributed by atoms with Gasteiger partial charge in [0.05, 0.1) is 4.90 Å². The summed E-state index contributed by atoms with van der Waals surface area (Å²) in [5.41, 5.74) is 1.92. The van der Waals surface area contributed by atoms with E-state index in [1.165, 1.54) is 12.1 Å². The number of hydrogen-bond donors (Lipinski definition) is 2. The monoisotopic (exact) mass is 401 g/mol. The minimum atomic E-state index is -3.79. The summed E-state index contributed by atoms with van der Waals surface area (Å²) >= 11 is 0. The lowest BCUT2D eigenvalue weighted by Crippen LogP contribution is -2.13. The molecule has 0 spiro atoms. The first-order valence-corrected chi connectivity index (χ1v) is 9.90. The standard InChI is InChI=1S/C19H20FN5O2S/c1-13-12-18(25(2)3)23-19(21-13)22-15-6-8-16(9-7-15)24-28(26,27)17-10-4-14(20)5-11-17/h4-12,24H,1-3H3,(H,21,22,23). The highest BCUT2D eigenvalue weighted by Gasteiger charge is 2.14. The lowest BCUT2D eigenvalue weighted by Gasteiger charge is -2.14. The first-order valence-electron chi connectivity index (χ1n) is 8.41. The summed E-state index contributed by atoms with van der Waals surface area (Å²) in [6.45, 7) is 1.88.